The lowest BCUT2D eigenvalue weighted by molar-refractivity contribution is -0.124. The second kappa shape index (κ2) is 9.29. The summed E-state index contributed by atoms with van der Waals surface area (Å²) in [5, 5.41) is 18.3. The zero-order chi connectivity index (χ0) is 24.6. The number of rotatable bonds is 6. The number of anilines is 3. The van der Waals surface area contributed by atoms with Gasteiger partial charge in [-0.2, -0.15) is 0 Å². The predicted molar refractivity (Wildman–Crippen MR) is 141 cm³/mol. The first-order valence-corrected chi connectivity index (χ1v) is 12.3. The molecule has 0 saturated carbocycles. The van der Waals surface area contributed by atoms with Crippen molar-refractivity contribution in [2.45, 2.75) is 24.9 Å². The second-order valence-corrected chi connectivity index (χ2v) is 9.60. The van der Waals surface area contributed by atoms with Crippen molar-refractivity contribution in [1.82, 2.24) is 15.0 Å². The van der Waals surface area contributed by atoms with Gasteiger partial charge in [0.25, 0.3) is 0 Å². The Balaban J connectivity index is 1.21. The average Bonchev–Trinajstić information content (AvgIpc) is 3.41. The van der Waals surface area contributed by atoms with Crippen LogP contribution in [0.15, 0.2) is 78.5 Å². The molecule has 182 valence electrons. The maximum atomic E-state index is 12.3. The molecule has 1 aliphatic carbocycles. The minimum atomic E-state index is -1.17. The number of aliphatic hydroxyl groups is 1. The molecule has 2 aromatic heterocycles. The molecule has 4 aromatic rings. The van der Waals surface area contributed by atoms with Crippen molar-refractivity contribution in [3.8, 4) is 0 Å². The van der Waals surface area contributed by atoms with Gasteiger partial charge in [0, 0.05) is 41.6 Å². The van der Waals surface area contributed by atoms with Gasteiger partial charge in [-0.05, 0) is 60.9 Å². The molecule has 9 heteroatoms. The maximum absolute atomic E-state index is 12.3. The summed E-state index contributed by atoms with van der Waals surface area (Å²) >= 11 is 5.96. The SMILES string of the molecule is O=C1C(Nc2ccc(Cl)cc2)=C(Nc2cccc(C3CCCN(c4ncnc5[nH]ccc45)C3)c2)C1O. The quantitative estimate of drug-likeness (QED) is 0.304. The lowest BCUT2D eigenvalue weighted by Gasteiger charge is -2.34. The van der Waals surface area contributed by atoms with Crippen molar-refractivity contribution in [2.24, 2.45) is 0 Å². The maximum Gasteiger partial charge on any atom is 0.215 e. The van der Waals surface area contributed by atoms with Crippen molar-refractivity contribution in [1.29, 1.82) is 0 Å². The third kappa shape index (κ3) is 4.19. The van der Waals surface area contributed by atoms with E-state index >= 15 is 0 Å². The number of aromatic amines is 1. The van der Waals surface area contributed by atoms with Gasteiger partial charge >= 0.3 is 0 Å². The van der Waals surface area contributed by atoms with Crippen LogP contribution in [0.2, 0.25) is 5.02 Å². The van der Waals surface area contributed by atoms with E-state index in [9.17, 15) is 9.90 Å². The number of aromatic nitrogens is 3. The number of H-pyrrole nitrogens is 1. The van der Waals surface area contributed by atoms with Gasteiger partial charge in [-0.1, -0.05) is 23.7 Å². The van der Waals surface area contributed by atoms with E-state index in [0.717, 1.165) is 54.2 Å². The first-order valence-electron chi connectivity index (χ1n) is 12.0. The minimum absolute atomic E-state index is 0.332. The van der Waals surface area contributed by atoms with Crippen molar-refractivity contribution in [2.75, 3.05) is 28.6 Å². The summed E-state index contributed by atoms with van der Waals surface area (Å²) in [5.74, 6) is 0.949. The summed E-state index contributed by atoms with van der Waals surface area (Å²) in [7, 11) is 0. The summed E-state index contributed by atoms with van der Waals surface area (Å²) in [6.45, 7) is 1.81. The molecule has 0 bridgehead atoms. The largest absolute Gasteiger partial charge is 0.378 e. The Hall–Kier alpha value is -3.88. The van der Waals surface area contributed by atoms with E-state index in [1.54, 1.807) is 30.6 Å². The van der Waals surface area contributed by atoms with Crippen molar-refractivity contribution < 1.29 is 9.90 Å². The van der Waals surface area contributed by atoms with Crippen LogP contribution < -0.4 is 15.5 Å². The summed E-state index contributed by atoms with van der Waals surface area (Å²) < 4.78 is 0. The molecule has 6 rings (SSSR count). The normalized spacial score (nSPS) is 19.9. The van der Waals surface area contributed by atoms with E-state index in [4.69, 9.17) is 11.6 Å². The highest BCUT2D eigenvalue weighted by Crippen LogP contribution is 2.34. The van der Waals surface area contributed by atoms with Crippen molar-refractivity contribution in [3.63, 3.8) is 0 Å². The number of Topliss-reactive ketones (excluding diaryl/α,β-unsaturated/α-hetero) is 1. The van der Waals surface area contributed by atoms with Gasteiger partial charge in [0.15, 0.2) is 6.10 Å². The van der Waals surface area contributed by atoms with E-state index in [1.807, 2.05) is 24.4 Å². The number of carbonyl (C=O) groups excluding carboxylic acids is 1. The number of ketones is 1. The second-order valence-electron chi connectivity index (χ2n) is 9.16. The molecule has 0 spiro atoms. The Morgan fingerprint density at radius 1 is 1.06 bits per heavy atom. The molecule has 4 N–H and O–H groups in total. The molecule has 1 saturated heterocycles. The van der Waals surface area contributed by atoms with Gasteiger partial charge in [0.1, 0.15) is 23.5 Å². The fourth-order valence-electron chi connectivity index (χ4n) is 4.98. The number of hydrogen-bond acceptors (Lipinski definition) is 7. The van der Waals surface area contributed by atoms with Crippen LogP contribution >= 0.6 is 11.6 Å². The van der Waals surface area contributed by atoms with Gasteiger partial charge in [-0.15, -0.1) is 0 Å². The fraction of sp³-hybridized carbons (Fsp3) is 0.222. The number of fused-ring (bicyclic) bond motifs is 1. The van der Waals surface area contributed by atoms with Crippen LogP contribution in [0.5, 0.6) is 0 Å². The van der Waals surface area contributed by atoms with Gasteiger partial charge in [0.05, 0.1) is 11.1 Å². The zero-order valence-electron chi connectivity index (χ0n) is 19.4. The van der Waals surface area contributed by atoms with Crippen molar-refractivity contribution >= 4 is 45.6 Å². The molecular weight excluding hydrogens is 476 g/mol. The van der Waals surface area contributed by atoms with Gasteiger partial charge in [0.2, 0.25) is 5.78 Å². The van der Waals surface area contributed by atoms with Crippen LogP contribution in [0, 0.1) is 0 Å². The first-order chi connectivity index (χ1) is 17.6. The Kier molecular flexibility index (Phi) is 5.83. The van der Waals surface area contributed by atoms with E-state index in [-0.39, 0.29) is 5.78 Å². The van der Waals surface area contributed by atoms with Crippen LogP contribution in [0.1, 0.15) is 24.3 Å². The first kappa shape index (κ1) is 22.6. The number of hydrogen-bond donors (Lipinski definition) is 4. The fourth-order valence-corrected chi connectivity index (χ4v) is 5.10. The third-order valence-corrected chi connectivity index (χ3v) is 7.09. The Labute approximate surface area is 213 Å². The van der Waals surface area contributed by atoms with Crippen LogP contribution in [0.25, 0.3) is 11.0 Å². The van der Waals surface area contributed by atoms with E-state index in [0.29, 0.717) is 22.3 Å². The van der Waals surface area contributed by atoms with E-state index in [2.05, 4.69) is 42.6 Å². The molecule has 8 nitrogen and oxygen atoms in total. The minimum Gasteiger partial charge on any atom is -0.378 e. The molecule has 1 fully saturated rings. The Morgan fingerprint density at radius 2 is 1.92 bits per heavy atom. The summed E-state index contributed by atoms with van der Waals surface area (Å²) in [6, 6.07) is 17.3. The summed E-state index contributed by atoms with van der Waals surface area (Å²) in [6.07, 6.45) is 4.47. The number of benzene rings is 2. The number of carbonyl (C=O) groups is 1. The van der Waals surface area contributed by atoms with Crippen molar-refractivity contribution in [3.05, 3.63) is 89.1 Å². The van der Waals surface area contributed by atoms with Gasteiger partial charge in [-0.25, -0.2) is 9.97 Å². The number of nitrogens with one attached hydrogen (secondary N) is 3. The highest BCUT2D eigenvalue weighted by atomic mass is 35.5. The summed E-state index contributed by atoms with van der Waals surface area (Å²) in [5.41, 5.74) is 4.43. The zero-order valence-corrected chi connectivity index (χ0v) is 20.2. The van der Waals surface area contributed by atoms with Gasteiger partial charge in [-0.3, -0.25) is 4.79 Å². The van der Waals surface area contributed by atoms with Crippen LogP contribution in [-0.4, -0.2) is 45.0 Å². The Morgan fingerprint density at radius 3 is 2.78 bits per heavy atom. The molecule has 2 aliphatic rings. The lowest BCUT2D eigenvalue weighted by Crippen LogP contribution is -2.43. The van der Waals surface area contributed by atoms with E-state index in [1.165, 1.54) is 5.56 Å². The number of aliphatic hydroxyl groups excluding tert-OH is 1. The lowest BCUT2D eigenvalue weighted by atomic mass is 9.90. The molecule has 0 radical (unpaired) electrons. The van der Waals surface area contributed by atoms with Crippen LogP contribution in [0.3, 0.4) is 0 Å². The van der Waals surface area contributed by atoms with Crippen LogP contribution in [0.4, 0.5) is 17.2 Å². The molecule has 2 unspecified atom stereocenters. The monoisotopic (exact) mass is 500 g/mol. The molecule has 2 aromatic carbocycles. The number of piperidine rings is 1. The molecule has 3 heterocycles. The Bertz CT molecular complexity index is 1460. The van der Waals surface area contributed by atoms with Crippen LogP contribution in [-0.2, 0) is 4.79 Å². The molecular formula is C27H25ClN6O2. The predicted octanol–water partition coefficient (Wildman–Crippen LogP) is 4.67. The topological polar surface area (TPSA) is 106 Å². The summed E-state index contributed by atoms with van der Waals surface area (Å²) in [4.78, 5) is 26.7. The highest BCUT2D eigenvalue weighted by Gasteiger charge is 2.38. The smallest absolute Gasteiger partial charge is 0.215 e. The van der Waals surface area contributed by atoms with E-state index < -0.39 is 6.10 Å². The molecule has 1 aliphatic heterocycles. The molecule has 2 atom stereocenters. The number of nitrogens with zero attached hydrogens (tertiary/aromatic N) is 3. The third-order valence-electron chi connectivity index (χ3n) is 6.84. The number of halogens is 1. The standard InChI is InChI=1S/C27H25ClN6O2/c28-18-6-8-19(9-7-18)32-22-23(25(36)24(22)35)33-20-5-1-3-16(13-20)17-4-2-12-34(14-17)27-21-10-11-29-26(21)30-15-31-27/h1,3,5-11,13,15,17,25,32-33,36H,2,4,12,14H2,(H,29,30,31). The highest BCUT2D eigenvalue weighted by molar-refractivity contribution is 6.30. The average molecular weight is 501 g/mol. The van der Waals surface area contributed by atoms with Gasteiger partial charge < -0.3 is 25.6 Å². The molecule has 0 amide bonds. The molecule has 36 heavy (non-hydrogen) atoms.